The minimum absolute atomic E-state index is 0.482. The standard InChI is InChI=1S/C16H38O4S4Si2/c1-7-13-19-25(17-11-5)15(9-3)21-23-24-22-16(10-4)26(18-12-6)20-14-8-2/h15-16,25-26H,7-14H2,1-6H3. The van der Waals surface area contributed by atoms with Crippen LogP contribution in [0.4, 0.5) is 0 Å². The van der Waals surface area contributed by atoms with Gasteiger partial charge in [-0.15, -0.1) is 0 Å². The third-order valence-corrected chi connectivity index (χ3v) is 18.3. The predicted octanol–water partition coefficient (Wildman–Crippen LogP) is 5.67. The molecule has 0 aliphatic carbocycles. The van der Waals surface area contributed by atoms with Crippen LogP contribution in [0.15, 0.2) is 0 Å². The molecule has 0 fully saturated rings. The molecule has 158 valence electrons. The molecule has 4 atom stereocenters. The van der Waals surface area contributed by atoms with Crippen molar-refractivity contribution in [2.24, 2.45) is 0 Å². The van der Waals surface area contributed by atoms with Crippen LogP contribution in [0.5, 0.6) is 0 Å². The highest BCUT2D eigenvalue weighted by Crippen LogP contribution is 2.48. The van der Waals surface area contributed by atoms with E-state index in [9.17, 15) is 0 Å². The molecule has 10 heteroatoms. The molecule has 0 aliphatic rings. The summed E-state index contributed by atoms with van der Waals surface area (Å²) in [5.41, 5.74) is 0. The van der Waals surface area contributed by atoms with Crippen molar-refractivity contribution in [3.8, 4) is 0 Å². The number of hydrogen-bond donors (Lipinski definition) is 0. The summed E-state index contributed by atoms with van der Waals surface area (Å²) in [4.78, 5) is 0.965. The van der Waals surface area contributed by atoms with Gasteiger partial charge in [0.1, 0.15) is 0 Å². The average Bonchev–Trinajstić information content (AvgIpc) is 2.66. The van der Waals surface area contributed by atoms with Crippen molar-refractivity contribution < 1.29 is 17.7 Å². The third kappa shape index (κ3) is 13.0. The second-order valence-corrected chi connectivity index (χ2v) is 17.3. The minimum atomic E-state index is -1.61. The van der Waals surface area contributed by atoms with Crippen molar-refractivity contribution in [2.75, 3.05) is 26.4 Å². The van der Waals surface area contributed by atoms with E-state index in [0.717, 1.165) is 52.1 Å². The lowest BCUT2D eigenvalue weighted by molar-refractivity contribution is 0.202. The van der Waals surface area contributed by atoms with Crippen molar-refractivity contribution in [2.45, 2.75) is 77.0 Å². The number of rotatable bonds is 19. The molecule has 4 nitrogen and oxygen atoms in total. The fraction of sp³-hybridized carbons (Fsp3) is 1.00. The summed E-state index contributed by atoms with van der Waals surface area (Å²) in [7, 11) is 4.34. The van der Waals surface area contributed by atoms with Crippen LogP contribution in [0.25, 0.3) is 0 Å². The topological polar surface area (TPSA) is 36.9 Å². The molecule has 0 radical (unpaired) electrons. The van der Waals surface area contributed by atoms with Crippen molar-refractivity contribution in [3.05, 3.63) is 0 Å². The Bertz CT molecular complexity index is 281. The highest BCUT2D eigenvalue weighted by molar-refractivity contribution is 9.26. The van der Waals surface area contributed by atoms with E-state index in [-0.39, 0.29) is 0 Å². The van der Waals surface area contributed by atoms with Gasteiger partial charge >= 0.3 is 18.6 Å². The first-order chi connectivity index (χ1) is 12.7. The molecule has 0 bridgehead atoms. The summed E-state index contributed by atoms with van der Waals surface area (Å²) >= 11 is 0. The molecule has 0 heterocycles. The molecule has 0 aromatic rings. The first kappa shape index (κ1) is 27.7. The first-order valence-electron chi connectivity index (χ1n) is 9.79. The molecule has 0 aromatic heterocycles. The van der Waals surface area contributed by atoms with E-state index in [4.69, 9.17) is 17.7 Å². The van der Waals surface area contributed by atoms with Crippen LogP contribution in [0, 0.1) is 0 Å². The van der Waals surface area contributed by atoms with Crippen molar-refractivity contribution in [1.29, 1.82) is 0 Å². The lowest BCUT2D eigenvalue weighted by Gasteiger charge is -2.24. The van der Waals surface area contributed by atoms with Crippen LogP contribution in [0.2, 0.25) is 0 Å². The van der Waals surface area contributed by atoms with Crippen LogP contribution < -0.4 is 0 Å². The van der Waals surface area contributed by atoms with Crippen LogP contribution in [0.3, 0.4) is 0 Å². The molecular weight excluding hydrogens is 441 g/mol. The Hall–Kier alpha value is 1.67. The molecule has 0 spiro atoms. The zero-order valence-electron chi connectivity index (χ0n) is 17.2. The second-order valence-electron chi connectivity index (χ2n) is 5.61. The highest BCUT2D eigenvalue weighted by Gasteiger charge is 2.28. The molecule has 0 saturated heterocycles. The van der Waals surface area contributed by atoms with E-state index in [1.165, 1.54) is 0 Å². The summed E-state index contributed by atoms with van der Waals surface area (Å²) < 4.78 is 24.0. The van der Waals surface area contributed by atoms with Gasteiger partial charge in [0, 0.05) is 26.4 Å². The third-order valence-electron chi connectivity index (χ3n) is 3.40. The summed E-state index contributed by atoms with van der Waals surface area (Å²) in [6.45, 7) is 16.0. The maximum atomic E-state index is 6.03. The van der Waals surface area contributed by atoms with E-state index in [0.29, 0.717) is 9.75 Å². The lowest BCUT2D eigenvalue weighted by atomic mass is 10.5. The molecule has 0 amide bonds. The second kappa shape index (κ2) is 20.0. The average molecular weight is 479 g/mol. The van der Waals surface area contributed by atoms with Gasteiger partial charge in [-0.05, 0) is 59.2 Å². The number of hydrogen-bond acceptors (Lipinski definition) is 8. The summed E-state index contributed by atoms with van der Waals surface area (Å²) in [6, 6.07) is 0. The zero-order valence-corrected chi connectivity index (χ0v) is 22.8. The van der Waals surface area contributed by atoms with Crippen molar-refractivity contribution >= 4 is 59.8 Å². The van der Waals surface area contributed by atoms with E-state index in [2.05, 4.69) is 41.5 Å². The smallest absolute Gasteiger partial charge is 0.335 e. The van der Waals surface area contributed by atoms with E-state index in [1.807, 2.05) is 41.2 Å². The maximum Gasteiger partial charge on any atom is 0.335 e. The highest BCUT2D eigenvalue weighted by atomic mass is 33.7. The quantitative estimate of drug-likeness (QED) is 0.134. The molecule has 4 unspecified atom stereocenters. The zero-order chi connectivity index (χ0) is 19.6. The van der Waals surface area contributed by atoms with Gasteiger partial charge in [-0.1, -0.05) is 49.3 Å². The van der Waals surface area contributed by atoms with E-state index < -0.39 is 18.6 Å². The van der Waals surface area contributed by atoms with Gasteiger partial charge in [0.2, 0.25) is 0 Å². The lowest BCUT2D eigenvalue weighted by Crippen LogP contribution is -2.35. The van der Waals surface area contributed by atoms with Crippen molar-refractivity contribution in [1.82, 2.24) is 0 Å². The Labute approximate surface area is 180 Å². The normalized spacial score (nSPS) is 16.4. The van der Waals surface area contributed by atoms with Gasteiger partial charge in [0.15, 0.2) is 0 Å². The van der Waals surface area contributed by atoms with Gasteiger partial charge in [0.25, 0.3) is 0 Å². The van der Waals surface area contributed by atoms with Crippen molar-refractivity contribution in [3.63, 3.8) is 0 Å². The monoisotopic (exact) mass is 478 g/mol. The summed E-state index contributed by atoms with van der Waals surface area (Å²) in [5, 5.41) is 0. The molecule has 0 rings (SSSR count). The van der Waals surface area contributed by atoms with Gasteiger partial charge in [-0.3, -0.25) is 0 Å². The Morgan fingerprint density at radius 1 is 0.615 bits per heavy atom. The summed E-state index contributed by atoms with van der Waals surface area (Å²) in [6.07, 6.45) is 4.29. The maximum absolute atomic E-state index is 6.03. The van der Waals surface area contributed by atoms with Gasteiger partial charge in [0.05, 0.1) is 9.75 Å². The fourth-order valence-electron chi connectivity index (χ4n) is 2.07. The fourth-order valence-corrected chi connectivity index (χ4v) is 17.5. The van der Waals surface area contributed by atoms with Crippen LogP contribution in [0.1, 0.15) is 67.2 Å². The Morgan fingerprint density at radius 3 is 1.27 bits per heavy atom. The molecule has 26 heavy (non-hydrogen) atoms. The Balaban J connectivity index is 4.37. The predicted molar refractivity (Wildman–Crippen MR) is 129 cm³/mol. The van der Waals surface area contributed by atoms with Gasteiger partial charge < -0.3 is 17.7 Å². The largest absolute Gasteiger partial charge is 0.396 e. The Kier molecular flexibility index (Phi) is 21.3. The summed E-state index contributed by atoms with van der Waals surface area (Å²) in [5.74, 6) is 0. The van der Waals surface area contributed by atoms with Crippen LogP contribution in [-0.4, -0.2) is 54.7 Å². The van der Waals surface area contributed by atoms with Crippen LogP contribution in [-0.2, 0) is 17.7 Å². The molecular formula is C16H38O4S4Si2. The first-order valence-corrected chi connectivity index (χ1v) is 18.0. The SMILES string of the molecule is CCCO[SiH](OCC)C(CC)SSSSC(CC)[SiH](OCC)OCCC. The van der Waals surface area contributed by atoms with E-state index in [1.54, 1.807) is 0 Å². The van der Waals surface area contributed by atoms with E-state index >= 15 is 0 Å². The molecule has 0 aromatic carbocycles. The molecule has 0 aliphatic heterocycles. The minimum Gasteiger partial charge on any atom is -0.396 e. The van der Waals surface area contributed by atoms with Crippen LogP contribution >= 0.6 is 41.2 Å². The molecule has 0 saturated carbocycles. The van der Waals surface area contributed by atoms with Gasteiger partial charge in [-0.2, -0.15) is 0 Å². The van der Waals surface area contributed by atoms with Gasteiger partial charge in [-0.25, -0.2) is 0 Å². The molecule has 0 N–H and O–H groups in total. The Morgan fingerprint density at radius 2 is 1.00 bits per heavy atom.